The average molecular weight is 368 g/mol. The van der Waals surface area contributed by atoms with Crippen molar-refractivity contribution in [3.8, 4) is 0 Å². The number of carbonyl (C=O) groups excluding carboxylic acids is 1. The zero-order valence-corrected chi connectivity index (χ0v) is 16.1. The molecule has 27 heavy (non-hydrogen) atoms. The van der Waals surface area contributed by atoms with E-state index in [4.69, 9.17) is 9.72 Å². The Bertz CT molecular complexity index is 859. The Morgan fingerprint density at radius 2 is 2.30 bits per heavy atom. The Kier molecular flexibility index (Phi) is 4.91. The molecule has 0 radical (unpaired) electrons. The van der Waals surface area contributed by atoms with Gasteiger partial charge in [-0.05, 0) is 50.8 Å². The number of H-pyrrole nitrogens is 1. The van der Waals surface area contributed by atoms with Crippen molar-refractivity contribution in [2.24, 2.45) is 5.92 Å². The van der Waals surface area contributed by atoms with Crippen LogP contribution in [0.3, 0.4) is 0 Å². The number of rotatable bonds is 4. The van der Waals surface area contributed by atoms with Crippen molar-refractivity contribution in [3.63, 3.8) is 0 Å². The number of hydrogen-bond donors (Lipinski definition) is 2. The molecule has 2 saturated heterocycles. The number of ether oxygens (including phenoxy) is 1. The van der Waals surface area contributed by atoms with Crippen LogP contribution in [0.5, 0.6) is 0 Å². The van der Waals surface area contributed by atoms with Crippen LogP contribution in [0.1, 0.15) is 43.6 Å². The van der Waals surface area contributed by atoms with Gasteiger partial charge in [0.25, 0.3) is 0 Å². The van der Waals surface area contributed by atoms with E-state index in [9.17, 15) is 4.79 Å². The predicted octanol–water partition coefficient (Wildman–Crippen LogP) is 3.70. The highest BCUT2D eigenvalue weighted by atomic mass is 16.5. The van der Waals surface area contributed by atoms with Crippen molar-refractivity contribution in [2.75, 3.05) is 19.7 Å². The summed E-state index contributed by atoms with van der Waals surface area (Å²) in [6.45, 7) is 10.2. The quantitative estimate of drug-likeness (QED) is 0.809. The van der Waals surface area contributed by atoms with Gasteiger partial charge in [-0.1, -0.05) is 18.2 Å². The Morgan fingerprint density at radius 1 is 1.44 bits per heavy atom. The third-order valence-corrected chi connectivity index (χ3v) is 5.70. The summed E-state index contributed by atoms with van der Waals surface area (Å²) < 4.78 is 5.74. The fourth-order valence-corrected chi connectivity index (χ4v) is 4.30. The lowest BCUT2D eigenvalue weighted by atomic mass is 9.97. The standard InChI is InChI=1S/C21H28N4O2/c1-13(2)19-15(8-10-27-19)12-22-21(26)25-9-4-5-18(25)20-23-16-7-6-14(3)11-17(16)24-20/h6-7,11,15,18-19H,1,4-5,8-10,12H2,2-3H3,(H,22,26)(H,23,24). The van der Waals surface area contributed by atoms with Gasteiger partial charge in [0.1, 0.15) is 5.82 Å². The van der Waals surface area contributed by atoms with Gasteiger partial charge < -0.3 is 19.9 Å². The second-order valence-electron chi connectivity index (χ2n) is 7.87. The van der Waals surface area contributed by atoms with Gasteiger partial charge in [0.2, 0.25) is 0 Å². The minimum Gasteiger partial charge on any atom is -0.374 e. The molecule has 2 aromatic rings. The van der Waals surface area contributed by atoms with Gasteiger partial charge in [0.05, 0.1) is 23.2 Å². The molecule has 1 aromatic carbocycles. The molecule has 0 aliphatic carbocycles. The third-order valence-electron chi connectivity index (χ3n) is 5.70. The number of benzene rings is 1. The third kappa shape index (κ3) is 3.58. The summed E-state index contributed by atoms with van der Waals surface area (Å²) in [5, 5.41) is 3.12. The highest BCUT2D eigenvalue weighted by Gasteiger charge is 2.34. The predicted molar refractivity (Wildman–Crippen MR) is 106 cm³/mol. The van der Waals surface area contributed by atoms with Gasteiger partial charge in [-0.2, -0.15) is 0 Å². The molecule has 3 heterocycles. The molecular formula is C21H28N4O2. The lowest BCUT2D eigenvalue weighted by Crippen LogP contribution is -2.42. The SMILES string of the molecule is C=C(C)C1OCCC1CNC(=O)N1CCCC1c1nc2ccc(C)cc2[nH]1. The number of aromatic amines is 1. The highest BCUT2D eigenvalue weighted by Crippen LogP contribution is 2.32. The first-order chi connectivity index (χ1) is 13.0. The van der Waals surface area contributed by atoms with Crippen LogP contribution in [-0.2, 0) is 4.74 Å². The Balaban J connectivity index is 1.44. The molecule has 3 atom stereocenters. The van der Waals surface area contributed by atoms with Crippen LogP contribution >= 0.6 is 0 Å². The fourth-order valence-electron chi connectivity index (χ4n) is 4.30. The topological polar surface area (TPSA) is 70.2 Å². The number of urea groups is 1. The first-order valence-electron chi connectivity index (χ1n) is 9.80. The number of likely N-dealkylation sites (tertiary alicyclic amines) is 1. The molecule has 4 rings (SSSR count). The van der Waals surface area contributed by atoms with E-state index in [1.54, 1.807) is 0 Å². The molecule has 2 amide bonds. The molecule has 2 aliphatic rings. The summed E-state index contributed by atoms with van der Waals surface area (Å²) in [6, 6.07) is 6.19. The van der Waals surface area contributed by atoms with Crippen LogP contribution in [-0.4, -0.2) is 46.7 Å². The molecule has 2 fully saturated rings. The zero-order valence-electron chi connectivity index (χ0n) is 16.1. The summed E-state index contributed by atoms with van der Waals surface area (Å²) in [4.78, 5) is 22.9. The van der Waals surface area contributed by atoms with Gasteiger partial charge in [-0.15, -0.1) is 0 Å². The molecule has 6 nitrogen and oxygen atoms in total. The van der Waals surface area contributed by atoms with E-state index in [2.05, 4.69) is 35.9 Å². The Labute approximate surface area is 160 Å². The summed E-state index contributed by atoms with van der Waals surface area (Å²) in [5.41, 5.74) is 4.22. The molecule has 6 heteroatoms. The maximum atomic E-state index is 12.8. The molecule has 3 unspecified atom stereocenters. The van der Waals surface area contributed by atoms with Crippen molar-refractivity contribution in [2.45, 2.75) is 45.3 Å². The molecule has 0 saturated carbocycles. The van der Waals surface area contributed by atoms with Gasteiger partial charge in [0.15, 0.2) is 0 Å². The van der Waals surface area contributed by atoms with E-state index < -0.39 is 0 Å². The van der Waals surface area contributed by atoms with E-state index in [-0.39, 0.29) is 18.2 Å². The number of carbonyl (C=O) groups is 1. The minimum absolute atomic E-state index is 0.00877. The minimum atomic E-state index is -0.0125. The van der Waals surface area contributed by atoms with E-state index in [0.29, 0.717) is 12.5 Å². The number of hydrogen-bond acceptors (Lipinski definition) is 3. The molecule has 2 N–H and O–H groups in total. The second-order valence-corrected chi connectivity index (χ2v) is 7.87. The van der Waals surface area contributed by atoms with E-state index in [1.165, 1.54) is 5.56 Å². The van der Waals surface area contributed by atoms with Gasteiger partial charge in [0, 0.05) is 25.6 Å². The van der Waals surface area contributed by atoms with Crippen molar-refractivity contribution < 1.29 is 9.53 Å². The van der Waals surface area contributed by atoms with Crippen LogP contribution in [0.4, 0.5) is 4.79 Å². The summed E-state index contributed by atoms with van der Waals surface area (Å²) in [5.74, 6) is 1.19. The molecule has 144 valence electrons. The zero-order chi connectivity index (χ0) is 19.0. The van der Waals surface area contributed by atoms with Crippen LogP contribution < -0.4 is 5.32 Å². The van der Waals surface area contributed by atoms with Crippen LogP contribution in [0.25, 0.3) is 11.0 Å². The molecule has 0 bridgehead atoms. The summed E-state index contributed by atoms with van der Waals surface area (Å²) in [6.07, 6.45) is 2.95. The molecule has 2 aliphatic heterocycles. The van der Waals surface area contributed by atoms with Gasteiger partial charge in [-0.25, -0.2) is 9.78 Å². The van der Waals surface area contributed by atoms with Crippen molar-refractivity contribution >= 4 is 17.1 Å². The lowest BCUT2D eigenvalue weighted by Gasteiger charge is -2.25. The van der Waals surface area contributed by atoms with Crippen molar-refractivity contribution in [1.82, 2.24) is 20.2 Å². The monoisotopic (exact) mass is 368 g/mol. The second kappa shape index (κ2) is 7.35. The highest BCUT2D eigenvalue weighted by molar-refractivity contribution is 5.77. The number of aromatic nitrogens is 2. The van der Waals surface area contributed by atoms with Crippen LogP contribution in [0, 0.1) is 12.8 Å². The van der Waals surface area contributed by atoms with E-state index in [1.807, 2.05) is 17.9 Å². The maximum Gasteiger partial charge on any atom is 0.318 e. The lowest BCUT2D eigenvalue weighted by molar-refractivity contribution is 0.118. The normalized spacial score (nSPS) is 25.3. The smallest absolute Gasteiger partial charge is 0.318 e. The Morgan fingerprint density at radius 3 is 3.11 bits per heavy atom. The molecule has 1 aromatic heterocycles. The molecule has 0 spiro atoms. The fraction of sp³-hybridized carbons (Fsp3) is 0.524. The van der Waals surface area contributed by atoms with Gasteiger partial charge in [-0.3, -0.25) is 0 Å². The summed E-state index contributed by atoms with van der Waals surface area (Å²) >= 11 is 0. The number of amides is 2. The number of nitrogens with zero attached hydrogens (tertiary/aromatic N) is 2. The number of aryl methyl sites for hydroxylation is 1. The number of imidazole rings is 1. The average Bonchev–Trinajstić information content (AvgIpc) is 3.36. The van der Waals surface area contributed by atoms with Crippen molar-refractivity contribution in [1.29, 1.82) is 0 Å². The molecular weight excluding hydrogens is 340 g/mol. The summed E-state index contributed by atoms with van der Waals surface area (Å²) in [7, 11) is 0. The number of fused-ring (bicyclic) bond motifs is 1. The first kappa shape index (κ1) is 18.0. The number of nitrogens with one attached hydrogen (secondary N) is 2. The van der Waals surface area contributed by atoms with E-state index >= 15 is 0 Å². The first-order valence-corrected chi connectivity index (χ1v) is 9.80. The Hall–Kier alpha value is -2.34. The van der Waals surface area contributed by atoms with Crippen LogP contribution in [0.2, 0.25) is 0 Å². The van der Waals surface area contributed by atoms with Crippen molar-refractivity contribution in [3.05, 3.63) is 41.7 Å². The van der Waals surface area contributed by atoms with Gasteiger partial charge >= 0.3 is 6.03 Å². The largest absolute Gasteiger partial charge is 0.374 e. The van der Waals surface area contributed by atoms with E-state index in [0.717, 1.165) is 54.8 Å². The maximum absolute atomic E-state index is 12.8. The van der Waals surface area contributed by atoms with Crippen LogP contribution in [0.15, 0.2) is 30.4 Å².